The summed E-state index contributed by atoms with van der Waals surface area (Å²) in [6.07, 6.45) is 0. The fraction of sp³-hybridized carbons (Fsp3) is 1.00. The Morgan fingerprint density at radius 2 is 1.73 bits per heavy atom. The van der Waals surface area contributed by atoms with E-state index in [9.17, 15) is 4.57 Å². The zero-order chi connectivity index (χ0) is 10.5. The Hall–Kier alpha value is 1.40. The number of halogens is 3. The molecule has 0 amide bonds. The van der Waals surface area contributed by atoms with Crippen molar-refractivity contribution in [2.45, 2.75) is 0 Å². The van der Waals surface area contributed by atoms with Crippen LogP contribution >= 0.6 is 49.9 Å². The van der Waals surface area contributed by atoms with E-state index in [1.807, 2.05) is 0 Å². The van der Waals surface area contributed by atoms with Crippen LogP contribution in [0.5, 0.6) is 0 Å². The molecule has 0 radical (unpaired) electrons. The highest BCUT2D eigenvalue weighted by Gasteiger charge is 2.14. The van der Waals surface area contributed by atoms with Gasteiger partial charge in [0.25, 0.3) is 6.80 Å². The molecule has 2 unspecified atom stereocenters. The van der Waals surface area contributed by atoms with E-state index >= 15 is 0 Å². The average Bonchev–Trinajstić information content (AvgIpc) is 1.98. The maximum absolute atomic E-state index is 11.4. The zero-order valence-electron chi connectivity index (χ0n) is 7.56. The van der Waals surface area contributed by atoms with Crippen LogP contribution in [0.1, 0.15) is 2.74 Å². The lowest BCUT2D eigenvalue weighted by Crippen LogP contribution is -2.21. The fourth-order valence-electron chi connectivity index (χ4n) is 0.360. The molecule has 2 N–H and O–H groups in total. The highest BCUT2D eigenvalue weighted by atomic mass is 79.9. The number of alkyl halides is 2. The van der Waals surface area contributed by atoms with Crippen LogP contribution in [0.15, 0.2) is 0 Å². The second kappa shape index (κ2) is 6.87. The molecule has 0 aliphatic heterocycles. The third-order valence-electron chi connectivity index (χ3n) is 0.744. The van der Waals surface area contributed by atoms with Crippen LogP contribution in [-0.2, 0) is 4.57 Å². The number of hydrogen-bond acceptors (Lipinski definition) is 1. The van der Waals surface area contributed by atoms with E-state index < -0.39 is 17.4 Å². The van der Waals surface area contributed by atoms with Crippen LogP contribution in [-0.4, -0.2) is 23.7 Å². The maximum Gasteiger partial charge on any atom is 0.299 e. The standard InChI is InChI=1S/C4H10Br2ClN2OP/c5-1-3-8-11(7,10)9-4-2-6/h1-4H2,(H2,8,9,10)/i1D,2D. The summed E-state index contributed by atoms with van der Waals surface area (Å²) < 4.78 is 25.5. The second-order valence-electron chi connectivity index (χ2n) is 1.57. The van der Waals surface area contributed by atoms with Gasteiger partial charge in [0.2, 0.25) is 0 Å². The lowest BCUT2D eigenvalue weighted by molar-refractivity contribution is 0.568. The van der Waals surface area contributed by atoms with Crippen molar-refractivity contribution in [3.63, 3.8) is 0 Å². The van der Waals surface area contributed by atoms with Gasteiger partial charge in [-0.05, 0) is 11.2 Å². The Kier molecular flexibility index (Phi) is 5.60. The minimum atomic E-state index is -3.13. The van der Waals surface area contributed by atoms with E-state index in [0.29, 0.717) is 0 Å². The molecule has 11 heavy (non-hydrogen) atoms. The largest absolute Gasteiger partial charge is 0.299 e. The molecule has 3 nitrogen and oxygen atoms in total. The van der Waals surface area contributed by atoms with Gasteiger partial charge in [0.1, 0.15) is 0 Å². The molecule has 0 spiro atoms. The molecular formula is C4H10Br2ClN2OP. The quantitative estimate of drug-likeness (QED) is 0.580. The van der Waals surface area contributed by atoms with Gasteiger partial charge in [0.15, 0.2) is 0 Å². The molecule has 0 aliphatic rings. The Bertz CT molecular complexity index is 181. The SMILES string of the molecule is [2H]C(Br)CNP(=O)(Cl)NCC([2H])Br. The Labute approximate surface area is 91.0 Å². The van der Waals surface area contributed by atoms with Gasteiger partial charge in [-0.15, -0.1) is 0 Å². The summed E-state index contributed by atoms with van der Waals surface area (Å²) in [6.45, 7) is -2.77. The summed E-state index contributed by atoms with van der Waals surface area (Å²) in [5.74, 6) is 0. The number of hydrogen-bond donors (Lipinski definition) is 2. The van der Waals surface area contributed by atoms with Crippen molar-refractivity contribution in [2.24, 2.45) is 0 Å². The van der Waals surface area contributed by atoms with Crippen molar-refractivity contribution in [3.05, 3.63) is 0 Å². The third kappa shape index (κ3) is 7.75. The predicted molar refractivity (Wildman–Crippen MR) is 57.1 cm³/mol. The molecule has 0 rings (SSSR count). The Morgan fingerprint density at radius 3 is 2.00 bits per heavy atom. The Morgan fingerprint density at radius 1 is 1.36 bits per heavy atom. The topological polar surface area (TPSA) is 41.1 Å². The van der Waals surface area contributed by atoms with Gasteiger partial charge >= 0.3 is 0 Å². The van der Waals surface area contributed by atoms with Crippen LogP contribution in [0.25, 0.3) is 0 Å². The van der Waals surface area contributed by atoms with E-state index in [-0.39, 0.29) is 13.1 Å². The third-order valence-corrected chi connectivity index (χ3v) is 3.29. The number of rotatable bonds is 6. The van der Waals surface area contributed by atoms with Crippen molar-refractivity contribution >= 4 is 49.9 Å². The first-order chi connectivity index (χ1) is 5.83. The smallest absolute Gasteiger partial charge is 0.271 e. The summed E-state index contributed by atoms with van der Waals surface area (Å²) in [5, 5.41) is 3.88. The van der Waals surface area contributed by atoms with E-state index in [1.165, 1.54) is 0 Å². The molecule has 0 heterocycles. The lowest BCUT2D eigenvalue weighted by Gasteiger charge is -2.11. The van der Waals surface area contributed by atoms with E-state index in [1.54, 1.807) is 0 Å². The lowest BCUT2D eigenvalue weighted by atomic mass is 10.8. The van der Waals surface area contributed by atoms with Crippen molar-refractivity contribution in [1.29, 1.82) is 0 Å². The fourth-order valence-corrected chi connectivity index (χ4v) is 2.36. The Balaban J connectivity index is 3.74. The molecule has 0 aliphatic carbocycles. The van der Waals surface area contributed by atoms with Crippen LogP contribution in [0, 0.1) is 0 Å². The molecule has 68 valence electrons. The van der Waals surface area contributed by atoms with E-state index in [2.05, 4.69) is 42.0 Å². The first-order valence-corrected chi connectivity index (χ1v) is 7.20. The summed E-state index contributed by atoms with van der Waals surface area (Å²) in [4.78, 5) is 0. The number of nitrogens with one attached hydrogen (secondary N) is 2. The predicted octanol–water partition coefficient (Wildman–Crippen LogP) is 2.30. The summed E-state index contributed by atoms with van der Waals surface area (Å²) >= 11 is 11.5. The van der Waals surface area contributed by atoms with Gasteiger partial charge in [-0.1, -0.05) is 31.9 Å². The van der Waals surface area contributed by atoms with Gasteiger partial charge in [-0.25, -0.2) is 10.2 Å². The summed E-state index contributed by atoms with van der Waals surface area (Å²) in [7, 11) is 0. The van der Waals surface area contributed by atoms with Crippen LogP contribution in [0.2, 0.25) is 0 Å². The van der Waals surface area contributed by atoms with Gasteiger partial charge in [-0.3, -0.25) is 4.57 Å². The second-order valence-corrected chi connectivity index (χ2v) is 5.99. The summed E-state index contributed by atoms with van der Waals surface area (Å²) in [5.41, 5.74) is 0. The van der Waals surface area contributed by atoms with Crippen molar-refractivity contribution in [2.75, 3.05) is 23.7 Å². The van der Waals surface area contributed by atoms with E-state index in [4.69, 9.17) is 14.0 Å². The molecule has 0 aromatic heterocycles. The normalized spacial score (nSPS) is 24.6. The van der Waals surface area contributed by atoms with Crippen LogP contribution in [0.3, 0.4) is 0 Å². The van der Waals surface area contributed by atoms with E-state index in [0.717, 1.165) is 0 Å². The van der Waals surface area contributed by atoms with Crippen LogP contribution in [0.4, 0.5) is 0 Å². The van der Waals surface area contributed by atoms with Gasteiger partial charge in [0.05, 0.1) is 0 Å². The molecule has 0 saturated heterocycles. The molecule has 0 fully saturated rings. The molecule has 0 aromatic rings. The first kappa shape index (κ1) is 8.97. The highest BCUT2D eigenvalue weighted by Crippen LogP contribution is 2.41. The molecule has 0 bridgehead atoms. The van der Waals surface area contributed by atoms with Crippen molar-refractivity contribution < 1.29 is 7.31 Å². The van der Waals surface area contributed by atoms with Gasteiger partial charge < -0.3 is 0 Å². The maximum atomic E-state index is 11.4. The molecule has 0 saturated carbocycles. The molecule has 7 heteroatoms. The minimum Gasteiger partial charge on any atom is -0.271 e. The first-order valence-electron chi connectivity index (χ1n) is 3.91. The van der Waals surface area contributed by atoms with Crippen LogP contribution < -0.4 is 10.2 Å². The summed E-state index contributed by atoms with van der Waals surface area (Å²) in [6, 6.07) is 0. The molecule has 2 atom stereocenters. The van der Waals surface area contributed by atoms with Crippen molar-refractivity contribution in [1.82, 2.24) is 10.2 Å². The molecular weight excluding hydrogens is 318 g/mol. The monoisotopic (exact) mass is 328 g/mol. The molecule has 0 aromatic carbocycles. The van der Waals surface area contributed by atoms with Gasteiger partial charge in [0, 0.05) is 26.4 Å². The average molecular weight is 330 g/mol. The zero-order valence-corrected chi connectivity index (χ0v) is 10.4. The minimum absolute atomic E-state index is 0.179. The van der Waals surface area contributed by atoms with Gasteiger partial charge in [-0.2, -0.15) is 0 Å². The highest BCUT2D eigenvalue weighted by molar-refractivity contribution is 9.09. The van der Waals surface area contributed by atoms with Crippen molar-refractivity contribution in [3.8, 4) is 0 Å².